The first-order chi connectivity index (χ1) is 26.9. The standard InChI is InChI=1S/C49H53NO4S2/c1-46(2)28-47(3,4)30-48(29-46)40-25-35(55-7)17-18-36(40)43-38-26-41(50-21-23-53-24-22-50)42(56-8)27-39(38)45-37(44(43)48)19-20-49(54-45,31-9-13-33(51-5)14-10-31)32-11-15-34(52-6)16-12-32/h9-20,25-27H,21-24,28-30H2,1-8H3. The molecule has 9 rings (SSSR count). The number of anilines is 1. The van der Waals surface area contributed by atoms with Gasteiger partial charge in [0.25, 0.3) is 0 Å². The van der Waals surface area contributed by atoms with Crippen LogP contribution in [0.5, 0.6) is 17.2 Å². The van der Waals surface area contributed by atoms with E-state index < -0.39 is 5.60 Å². The van der Waals surface area contributed by atoms with Crippen LogP contribution in [-0.2, 0) is 15.8 Å². The van der Waals surface area contributed by atoms with Gasteiger partial charge in [0.05, 0.1) is 33.1 Å². The molecule has 1 saturated heterocycles. The summed E-state index contributed by atoms with van der Waals surface area (Å²) in [5, 5.41) is 2.42. The van der Waals surface area contributed by atoms with E-state index in [0.717, 1.165) is 72.9 Å². The lowest BCUT2D eigenvalue weighted by Gasteiger charge is -2.52. The molecule has 0 atom stereocenters. The Balaban J connectivity index is 1.40. The monoisotopic (exact) mass is 783 g/mol. The van der Waals surface area contributed by atoms with Crippen molar-refractivity contribution < 1.29 is 18.9 Å². The van der Waals surface area contributed by atoms with Crippen LogP contribution in [0.1, 0.15) is 74.8 Å². The molecule has 0 unspecified atom stereocenters. The zero-order chi connectivity index (χ0) is 39.0. The van der Waals surface area contributed by atoms with E-state index in [0.29, 0.717) is 0 Å². The van der Waals surface area contributed by atoms with Crippen molar-refractivity contribution in [1.82, 2.24) is 0 Å². The molecular formula is C49H53NO4S2. The lowest BCUT2D eigenvalue weighted by Crippen LogP contribution is -2.44. The van der Waals surface area contributed by atoms with Crippen molar-refractivity contribution in [2.45, 2.75) is 67.8 Å². The zero-order valence-corrected chi connectivity index (χ0v) is 35.6. The van der Waals surface area contributed by atoms with Crippen LogP contribution in [0.3, 0.4) is 0 Å². The van der Waals surface area contributed by atoms with Gasteiger partial charge in [-0.05, 0) is 125 Å². The first-order valence-corrected chi connectivity index (χ1v) is 22.3. The molecule has 0 aromatic heterocycles. The van der Waals surface area contributed by atoms with Crippen LogP contribution in [-0.4, -0.2) is 53.0 Å². The van der Waals surface area contributed by atoms with Gasteiger partial charge in [0.15, 0.2) is 5.60 Å². The maximum absolute atomic E-state index is 7.83. The van der Waals surface area contributed by atoms with Crippen molar-refractivity contribution in [3.63, 3.8) is 0 Å². The molecule has 2 heterocycles. The fraction of sp³-hybridized carbons (Fsp3) is 0.388. The maximum Gasteiger partial charge on any atom is 0.178 e. The third-order valence-electron chi connectivity index (χ3n) is 12.7. The van der Waals surface area contributed by atoms with E-state index in [9.17, 15) is 0 Å². The molecule has 2 fully saturated rings. The van der Waals surface area contributed by atoms with Crippen molar-refractivity contribution in [3.05, 3.63) is 113 Å². The average Bonchev–Trinajstić information content (AvgIpc) is 3.46. The molecule has 0 radical (unpaired) electrons. The second-order valence-electron chi connectivity index (χ2n) is 17.6. The van der Waals surface area contributed by atoms with Crippen molar-refractivity contribution in [2.24, 2.45) is 10.8 Å². The Morgan fingerprint density at radius 1 is 0.696 bits per heavy atom. The number of hydrogen-bond donors (Lipinski definition) is 0. The van der Waals surface area contributed by atoms with E-state index in [1.807, 2.05) is 47.8 Å². The van der Waals surface area contributed by atoms with Gasteiger partial charge in [-0.1, -0.05) is 64.1 Å². The smallest absolute Gasteiger partial charge is 0.178 e. The summed E-state index contributed by atoms with van der Waals surface area (Å²) in [7, 11) is 3.43. The minimum absolute atomic E-state index is 0.134. The van der Waals surface area contributed by atoms with Crippen molar-refractivity contribution in [2.75, 3.05) is 57.9 Å². The minimum atomic E-state index is -0.898. The Morgan fingerprint density at radius 3 is 1.89 bits per heavy atom. The van der Waals surface area contributed by atoms with E-state index in [-0.39, 0.29) is 16.2 Å². The largest absolute Gasteiger partial charge is 0.497 e. The number of ether oxygens (including phenoxy) is 4. The molecule has 5 aromatic carbocycles. The van der Waals surface area contributed by atoms with E-state index in [4.69, 9.17) is 18.9 Å². The highest BCUT2D eigenvalue weighted by molar-refractivity contribution is 7.99. The zero-order valence-electron chi connectivity index (χ0n) is 34.0. The molecule has 0 amide bonds. The van der Waals surface area contributed by atoms with Crippen molar-refractivity contribution in [1.29, 1.82) is 0 Å². The first kappa shape index (κ1) is 37.5. The number of benzene rings is 5. The Morgan fingerprint density at radius 2 is 1.32 bits per heavy atom. The molecule has 2 aliphatic carbocycles. The number of fused-ring (bicyclic) bond motifs is 10. The Hall–Kier alpha value is -4.04. The van der Waals surface area contributed by atoms with Gasteiger partial charge in [-0.2, -0.15) is 0 Å². The Labute approximate surface area is 341 Å². The predicted octanol–water partition coefficient (Wildman–Crippen LogP) is 12.0. The maximum atomic E-state index is 7.83. The first-order valence-electron chi connectivity index (χ1n) is 19.9. The summed E-state index contributed by atoms with van der Waals surface area (Å²) in [6.07, 6.45) is 12.5. The number of nitrogens with zero attached hydrogens (tertiary/aromatic N) is 1. The SMILES string of the molecule is COc1ccc(C2(c3ccc(OC)cc3)C=Cc3c4c(c5cc(N6CCOCC6)c(SC)cc5c3O2)-c2ccc(SC)cc2C42CC(C)(C)CC(C)(C)C2)cc1. The van der Waals surface area contributed by atoms with Gasteiger partial charge in [0, 0.05) is 50.4 Å². The second-order valence-corrected chi connectivity index (χ2v) is 19.4. The quantitative estimate of drug-likeness (QED) is 0.152. The van der Waals surface area contributed by atoms with Crippen LogP contribution in [0.4, 0.5) is 5.69 Å². The molecule has 4 aliphatic rings. The summed E-state index contributed by atoms with van der Waals surface area (Å²) in [4.78, 5) is 5.10. The van der Waals surface area contributed by atoms with E-state index in [1.54, 1.807) is 14.2 Å². The van der Waals surface area contributed by atoms with Crippen LogP contribution in [0.2, 0.25) is 0 Å². The average molecular weight is 784 g/mol. The van der Waals surface area contributed by atoms with Crippen molar-refractivity contribution >= 4 is 46.1 Å². The number of methoxy groups -OCH3 is 2. The van der Waals surface area contributed by atoms with Crippen molar-refractivity contribution in [3.8, 4) is 28.4 Å². The van der Waals surface area contributed by atoms with E-state index >= 15 is 0 Å². The third kappa shape index (κ3) is 5.94. The molecular weight excluding hydrogens is 731 g/mol. The summed E-state index contributed by atoms with van der Waals surface area (Å²) in [5.41, 5.74) is 9.43. The molecule has 56 heavy (non-hydrogen) atoms. The Kier molecular flexibility index (Phi) is 9.26. The van der Waals surface area contributed by atoms with E-state index in [1.165, 1.54) is 55.1 Å². The van der Waals surface area contributed by atoms with Crippen LogP contribution >= 0.6 is 23.5 Å². The molecule has 5 aromatic rings. The summed E-state index contributed by atoms with van der Waals surface area (Å²) < 4.78 is 24.9. The molecule has 2 aliphatic heterocycles. The highest BCUT2D eigenvalue weighted by Gasteiger charge is 2.55. The lowest BCUT2D eigenvalue weighted by atomic mass is 9.52. The molecule has 0 bridgehead atoms. The summed E-state index contributed by atoms with van der Waals surface area (Å²) in [6.45, 7) is 13.2. The number of rotatable bonds is 7. The van der Waals surface area contributed by atoms with Gasteiger partial charge in [0.1, 0.15) is 17.2 Å². The van der Waals surface area contributed by atoms with Crippen LogP contribution in [0, 0.1) is 10.8 Å². The van der Waals surface area contributed by atoms with Gasteiger partial charge in [-0.25, -0.2) is 0 Å². The molecule has 1 spiro atoms. The molecule has 1 saturated carbocycles. The molecule has 0 N–H and O–H groups in total. The summed E-state index contributed by atoms with van der Waals surface area (Å²) in [5.74, 6) is 2.58. The molecule has 7 heteroatoms. The van der Waals surface area contributed by atoms with Crippen LogP contribution in [0.25, 0.3) is 28.0 Å². The number of morpholine rings is 1. The van der Waals surface area contributed by atoms with Gasteiger partial charge in [-0.15, -0.1) is 23.5 Å². The highest BCUT2D eigenvalue weighted by atomic mass is 32.2. The fourth-order valence-electron chi connectivity index (χ4n) is 11.2. The van der Waals surface area contributed by atoms with Gasteiger partial charge in [0.2, 0.25) is 0 Å². The van der Waals surface area contributed by atoms with Gasteiger partial charge < -0.3 is 23.8 Å². The minimum Gasteiger partial charge on any atom is -0.497 e. The second kappa shape index (κ2) is 13.8. The van der Waals surface area contributed by atoms with Crippen LogP contribution in [0.15, 0.2) is 94.7 Å². The topological polar surface area (TPSA) is 40.2 Å². The lowest BCUT2D eigenvalue weighted by molar-refractivity contribution is 0.0641. The number of thioether (sulfide) groups is 2. The summed E-state index contributed by atoms with van der Waals surface area (Å²) >= 11 is 3.66. The number of hydrogen-bond acceptors (Lipinski definition) is 7. The fourth-order valence-corrected chi connectivity index (χ4v) is 12.3. The third-order valence-corrected chi connectivity index (χ3v) is 14.2. The predicted molar refractivity (Wildman–Crippen MR) is 235 cm³/mol. The normalized spacial score (nSPS) is 19.6. The highest BCUT2D eigenvalue weighted by Crippen LogP contribution is 2.67. The Bertz CT molecular complexity index is 2290. The van der Waals surface area contributed by atoms with Crippen LogP contribution < -0.4 is 19.1 Å². The molecule has 290 valence electrons. The van der Waals surface area contributed by atoms with Gasteiger partial charge in [-0.3, -0.25) is 0 Å². The van der Waals surface area contributed by atoms with Gasteiger partial charge >= 0.3 is 0 Å². The molecule has 5 nitrogen and oxygen atoms in total. The summed E-state index contributed by atoms with van der Waals surface area (Å²) in [6, 6.07) is 28.9. The van der Waals surface area contributed by atoms with E-state index in [2.05, 4.69) is 112 Å².